The maximum atomic E-state index is 13.1. The van der Waals surface area contributed by atoms with E-state index in [0.29, 0.717) is 18.3 Å². The van der Waals surface area contributed by atoms with E-state index in [2.05, 4.69) is 20.8 Å². The third kappa shape index (κ3) is 4.30. The van der Waals surface area contributed by atoms with E-state index in [1.807, 2.05) is 0 Å². The molecule has 0 saturated carbocycles. The highest BCUT2D eigenvalue weighted by Gasteiger charge is 2.19. The van der Waals surface area contributed by atoms with Crippen LogP contribution in [0.15, 0.2) is 0 Å². The summed E-state index contributed by atoms with van der Waals surface area (Å²) in [4.78, 5) is 0. The van der Waals surface area contributed by atoms with Gasteiger partial charge in [0.1, 0.15) is 6.17 Å². The van der Waals surface area contributed by atoms with Gasteiger partial charge in [-0.15, -0.1) is 11.6 Å². The van der Waals surface area contributed by atoms with Gasteiger partial charge in [0.2, 0.25) is 0 Å². The largest absolute Gasteiger partial charge is 0.246 e. The fourth-order valence-electron chi connectivity index (χ4n) is 1.18. The van der Waals surface area contributed by atoms with Crippen LogP contribution in [-0.2, 0) is 0 Å². The van der Waals surface area contributed by atoms with Crippen LogP contribution in [0.25, 0.3) is 0 Å². The lowest BCUT2D eigenvalue weighted by Crippen LogP contribution is -2.19. The van der Waals surface area contributed by atoms with E-state index in [4.69, 9.17) is 11.6 Å². The molecule has 0 radical (unpaired) electrons. The van der Waals surface area contributed by atoms with Crippen molar-refractivity contribution in [3.63, 3.8) is 0 Å². The molecule has 12 heavy (non-hydrogen) atoms. The van der Waals surface area contributed by atoms with Gasteiger partial charge in [-0.2, -0.15) is 0 Å². The summed E-state index contributed by atoms with van der Waals surface area (Å²) in [7, 11) is 0. The van der Waals surface area contributed by atoms with Crippen LogP contribution in [0.3, 0.4) is 0 Å². The van der Waals surface area contributed by atoms with Crippen molar-refractivity contribution in [1.82, 2.24) is 0 Å². The molecule has 0 aliphatic heterocycles. The Bertz CT molecular complexity index is 114. The van der Waals surface area contributed by atoms with Crippen molar-refractivity contribution in [2.75, 3.05) is 0 Å². The monoisotopic (exact) mass is 194 g/mol. The second-order valence-electron chi connectivity index (χ2n) is 3.79. The molecule has 0 aliphatic rings. The van der Waals surface area contributed by atoms with Crippen LogP contribution in [0.4, 0.5) is 4.39 Å². The number of hydrogen-bond acceptors (Lipinski definition) is 0. The zero-order valence-corrected chi connectivity index (χ0v) is 9.24. The molecular weight excluding hydrogens is 175 g/mol. The van der Waals surface area contributed by atoms with Crippen LogP contribution >= 0.6 is 11.6 Å². The van der Waals surface area contributed by atoms with E-state index in [1.54, 1.807) is 6.92 Å². The number of hydrogen-bond donors (Lipinski definition) is 0. The molecule has 0 saturated heterocycles. The van der Waals surface area contributed by atoms with Gasteiger partial charge >= 0.3 is 0 Å². The SMILES string of the molecule is CCC(C)C(C)CC(F)C(C)Cl. The molecule has 2 heteroatoms. The van der Waals surface area contributed by atoms with Crippen LogP contribution < -0.4 is 0 Å². The first-order valence-corrected chi connectivity index (χ1v) is 5.20. The molecule has 0 aromatic heterocycles. The van der Waals surface area contributed by atoms with Crippen molar-refractivity contribution in [2.45, 2.75) is 52.1 Å². The molecule has 0 aliphatic carbocycles. The number of alkyl halides is 2. The molecule has 0 aromatic carbocycles. The zero-order valence-electron chi connectivity index (χ0n) is 8.48. The number of rotatable bonds is 5. The Morgan fingerprint density at radius 3 is 2.00 bits per heavy atom. The normalized spacial score (nSPS) is 21.5. The van der Waals surface area contributed by atoms with Crippen LogP contribution in [0.5, 0.6) is 0 Å². The topological polar surface area (TPSA) is 0 Å². The highest BCUT2D eigenvalue weighted by molar-refractivity contribution is 6.20. The third-order valence-corrected chi connectivity index (χ3v) is 2.98. The van der Waals surface area contributed by atoms with Crippen LogP contribution in [-0.4, -0.2) is 11.5 Å². The Labute approximate surface area is 80.5 Å². The number of halogens is 2. The van der Waals surface area contributed by atoms with E-state index in [0.717, 1.165) is 6.42 Å². The van der Waals surface area contributed by atoms with Gasteiger partial charge < -0.3 is 0 Å². The zero-order chi connectivity index (χ0) is 9.72. The average Bonchev–Trinajstić information content (AvgIpc) is 2.02. The minimum Gasteiger partial charge on any atom is -0.246 e. The van der Waals surface area contributed by atoms with Gasteiger partial charge in [-0.3, -0.25) is 0 Å². The van der Waals surface area contributed by atoms with Crippen molar-refractivity contribution >= 4 is 11.6 Å². The lowest BCUT2D eigenvalue weighted by molar-refractivity contribution is 0.232. The first-order chi connectivity index (χ1) is 5.49. The van der Waals surface area contributed by atoms with Crippen molar-refractivity contribution in [3.8, 4) is 0 Å². The minimum absolute atomic E-state index is 0.350. The molecule has 0 spiro atoms. The lowest BCUT2D eigenvalue weighted by atomic mass is 9.88. The summed E-state index contributed by atoms with van der Waals surface area (Å²) in [5, 5.41) is -0.350. The molecule has 4 unspecified atom stereocenters. The summed E-state index contributed by atoms with van der Waals surface area (Å²) in [6.45, 7) is 8.12. The Morgan fingerprint density at radius 2 is 1.67 bits per heavy atom. The summed E-state index contributed by atoms with van der Waals surface area (Å²) < 4.78 is 13.1. The van der Waals surface area contributed by atoms with Crippen molar-refractivity contribution in [2.24, 2.45) is 11.8 Å². The van der Waals surface area contributed by atoms with Crippen molar-refractivity contribution in [3.05, 3.63) is 0 Å². The first-order valence-electron chi connectivity index (χ1n) is 4.77. The van der Waals surface area contributed by atoms with Gasteiger partial charge in [0.15, 0.2) is 0 Å². The summed E-state index contributed by atoms with van der Waals surface area (Å²) in [5.41, 5.74) is 0. The molecule has 4 atom stereocenters. The quantitative estimate of drug-likeness (QED) is 0.580. The standard InChI is InChI=1S/C10H20ClF/c1-5-7(2)8(3)6-10(12)9(4)11/h7-10H,5-6H2,1-4H3. The van der Waals surface area contributed by atoms with Crippen LogP contribution in [0.2, 0.25) is 0 Å². The highest BCUT2D eigenvalue weighted by Crippen LogP contribution is 2.23. The maximum absolute atomic E-state index is 13.1. The molecule has 0 fully saturated rings. The van der Waals surface area contributed by atoms with Gasteiger partial charge in [-0.05, 0) is 25.2 Å². The Kier molecular flexibility index (Phi) is 5.90. The fourth-order valence-corrected chi connectivity index (χ4v) is 1.28. The van der Waals surface area contributed by atoms with E-state index in [-0.39, 0.29) is 5.38 Å². The summed E-state index contributed by atoms with van der Waals surface area (Å²) >= 11 is 5.65. The van der Waals surface area contributed by atoms with Gasteiger partial charge in [0.25, 0.3) is 0 Å². The van der Waals surface area contributed by atoms with Gasteiger partial charge in [0.05, 0.1) is 5.38 Å². The molecule has 0 bridgehead atoms. The van der Waals surface area contributed by atoms with Crippen molar-refractivity contribution in [1.29, 1.82) is 0 Å². The molecule has 74 valence electrons. The summed E-state index contributed by atoms with van der Waals surface area (Å²) in [6, 6.07) is 0. The van der Waals surface area contributed by atoms with Crippen LogP contribution in [0.1, 0.15) is 40.5 Å². The van der Waals surface area contributed by atoms with E-state index < -0.39 is 6.17 Å². The first kappa shape index (κ1) is 12.2. The Balaban J connectivity index is 3.75. The molecule has 0 rings (SSSR count). The van der Waals surface area contributed by atoms with E-state index in [9.17, 15) is 4.39 Å². The summed E-state index contributed by atoms with van der Waals surface area (Å²) in [6.07, 6.45) is 0.861. The lowest BCUT2D eigenvalue weighted by Gasteiger charge is -2.21. The van der Waals surface area contributed by atoms with Gasteiger partial charge in [0, 0.05) is 0 Å². The second-order valence-corrected chi connectivity index (χ2v) is 4.48. The van der Waals surface area contributed by atoms with Crippen molar-refractivity contribution < 1.29 is 4.39 Å². The minimum atomic E-state index is -0.851. The molecule has 0 aromatic rings. The predicted octanol–water partition coefficient (Wildman–Crippen LogP) is 4.02. The Morgan fingerprint density at radius 1 is 1.17 bits per heavy atom. The van der Waals surface area contributed by atoms with E-state index >= 15 is 0 Å². The molecule has 0 nitrogen and oxygen atoms in total. The molecule has 0 N–H and O–H groups in total. The summed E-state index contributed by atoms with van der Waals surface area (Å²) in [5.74, 6) is 1.03. The highest BCUT2D eigenvalue weighted by atomic mass is 35.5. The third-order valence-electron chi connectivity index (χ3n) is 2.71. The van der Waals surface area contributed by atoms with Gasteiger partial charge in [-0.1, -0.05) is 27.2 Å². The maximum Gasteiger partial charge on any atom is 0.116 e. The molecule has 0 heterocycles. The smallest absolute Gasteiger partial charge is 0.116 e. The molecular formula is C10H20ClF. The molecule has 0 amide bonds. The second kappa shape index (κ2) is 5.80. The Hall–Kier alpha value is 0.220. The van der Waals surface area contributed by atoms with E-state index in [1.165, 1.54) is 0 Å². The van der Waals surface area contributed by atoms with Crippen LogP contribution in [0, 0.1) is 11.8 Å². The predicted molar refractivity (Wildman–Crippen MR) is 53.4 cm³/mol. The fraction of sp³-hybridized carbons (Fsp3) is 1.00. The van der Waals surface area contributed by atoms with Gasteiger partial charge in [-0.25, -0.2) is 4.39 Å². The average molecular weight is 195 g/mol.